The molecular weight excluding hydrogens is 278 g/mol. The Morgan fingerprint density at radius 1 is 1.60 bits per heavy atom. The summed E-state index contributed by atoms with van der Waals surface area (Å²) in [6, 6.07) is 0. The normalized spacial score (nSPS) is 20.5. The summed E-state index contributed by atoms with van der Waals surface area (Å²) in [7, 11) is 0. The van der Waals surface area contributed by atoms with Crippen LogP contribution in [-0.4, -0.2) is 44.5 Å². The summed E-state index contributed by atoms with van der Waals surface area (Å²) in [6.45, 7) is 2.79. The van der Waals surface area contributed by atoms with Crippen molar-refractivity contribution in [1.82, 2.24) is 14.3 Å². The van der Waals surface area contributed by atoms with Crippen molar-refractivity contribution in [2.45, 2.75) is 19.4 Å². The minimum Gasteiger partial charge on any atom is -0.393 e. The molecule has 1 fully saturated rings. The van der Waals surface area contributed by atoms with Gasteiger partial charge in [-0.25, -0.2) is 4.98 Å². The molecule has 1 amide bonds. The quantitative estimate of drug-likeness (QED) is 0.880. The number of carbonyl (C=O) groups excluding carboxylic acids is 1. The van der Waals surface area contributed by atoms with Crippen LogP contribution in [0.3, 0.4) is 0 Å². The predicted molar refractivity (Wildman–Crippen MR) is 75.0 cm³/mol. The molecule has 0 aliphatic carbocycles. The van der Waals surface area contributed by atoms with Gasteiger partial charge < -0.3 is 10.0 Å². The fraction of sp³-hybridized carbons (Fsp3) is 0.462. The van der Waals surface area contributed by atoms with Crippen LogP contribution in [0.4, 0.5) is 0 Å². The van der Waals surface area contributed by atoms with E-state index in [1.54, 1.807) is 23.4 Å². The number of amides is 1. The summed E-state index contributed by atoms with van der Waals surface area (Å²) in [5.41, 5.74) is -0.242. The summed E-state index contributed by atoms with van der Waals surface area (Å²) in [5.74, 6) is -0.217. The van der Waals surface area contributed by atoms with Crippen LogP contribution in [0.1, 0.15) is 23.7 Å². The van der Waals surface area contributed by atoms with E-state index < -0.39 is 6.10 Å². The van der Waals surface area contributed by atoms with Gasteiger partial charge in [-0.15, -0.1) is 11.3 Å². The molecule has 7 heteroatoms. The molecule has 2 unspecified atom stereocenters. The van der Waals surface area contributed by atoms with Gasteiger partial charge in [0.2, 0.25) is 0 Å². The Hall–Kier alpha value is -1.73. The Balaban J connectivity index is 1.90. The first-order valence-electron chi connectivity index (χ1n) is 6.50. The topological polar surface area (TPSA) is 74.9 Å². The molecule has 1 aliphatic rings. The SMILES string of the molecule is CC(O)C1CCN(C(=O)c2cnc3sccn3c2=O)C1. The highest BCUT2D eigenvalue weighted by molar-refractivity contribution is 7.15. The lowest BCUT2D eigenvalue weighted by molar-refractivity contribution is 0.0760. The average Bonchev–Trinajstić information content (AvgIpc) is 3.08. The van der Waals surface area contributed by atoms with Gasteiger partial charge in [0.05, 0.1) is 6.10 Å². The minimum absolute atomic E-state index is 0.0829. The standard InChI is InChI=1S/C13H15N3O3S/c1-8(17)9-2-3-15(7-9)11(18)10-6-14-13-16(12(10)19)4-5-20-13/h4-6,8-9,17H,2-3,7H2,1H3. The number of nitrogens with zero attached hydrogens (tertiary/aromatic N) is 3. The fourth-order valence-electron chi connectivity index (χ4n) is 2.51. The fourth-order valence-corrected chi connectivity index (χ4v) is 3.18. The van der Waals surface area contributed by atoms with Gasteiger partial charge in [-0.3, -0.25) is 14.0 Å². The third-order valence-corrected chi connectivity index (χ3v) is 4.54. The number of carbonyl (C=O) groups is 1. The number of hydrogen-bond donors (Lipinski definition) is 1. The van der Waals surface area contributed by atoms with Crippen molar-refractivity contribution in [3.63, 3.8) is 0 Å². The van der Waals surface area contributed by atoms with Gasteiger partial charge in [-0.1, -0.05) is 0 Å². The molecular formula is C13H15N3O3S. The van der Waals surface area contributed by atoms with Crippen molar-refractivity contribution in [2.24, 2.45) is 5.92 Å². The van der Waals surface area contributed by atoms with Crippen molar-refractivity contribution < 1.29 is 9.90 Å². The Morgan fingerprint density at radius 3 is 3.10 bits per heavy atom. The maximum absolute atomic E-state index is 12.4. The summed E-state index contributed by atoms with van der Waals surface area (Å²) >= 11 is 1.35. The molecule has 1 N–H and O–H groups in total. The lowest BCUT2D eigenvalue weighted by Gasteiger charge is -2.17. The van der Waals surface area contributed by atoms with E-state index in [0.717, 1.165) is 6.42 Å². The van der Waals surface area contributed by atoms with E-state index >= 15 is 0 Å². The number of likely N-dealkylation sites (tertiary alicyclic amines) is 1. The van der Waals surface area contributed by atoms with Crippen molar-refractivity contribution in [3.05, 3.63) is 33.7 Å². The molecule has 3 heterocycles. The molecule has 106 valence electrons. The van der Waals surface area contributed by atoms with Crippen LogP contribution >= 0.6 is 11.3 Å². The maximum atomic E-state index is 12.4. The predicted octanol–water partition coefficient (Wildman–Crippen LogP) is 0.599. The van der Waals surface area contributed by atoms with E-state index in [1.165, 1.54) is 21.9 Å². The Kier molecular flexibility index (Phi) is 3.31. The molecule has 3 rings (SSSR count). The number of aliphatic hydroxyl groups excluding tert-OH is 1. The van der Waals surface area contributed by atoms with E-state index in [2.05, 4.69) is 4.98 Å². The van der Waals surface area contributed by atoms with Crippen molar-refractivity contribution in [2.75, 3.05) is 13.1 Å². The number of fused-ring (bicyclic) bond motifs is 1. The summed E-state index contributed by atoms with van der Waals surface area (Å²) in [4.78, 5) is 31.0. The monoisotopic (exact) mass is 293 g/mol. The van der Waals surface area contributed by atoms with Crippen LogP contribution in [0.15, 0.2) is 22.6 Å². The molecule has 0 aromatic carbocycles. The van der Waals surface area contributed by atoms with Crippen molar-refractivity contribution >= 4 is 22.2 Å². The minimum atomic E-state index is -0.439. The van der Waals surface area contributed by atoms with E-state index in [9.17, 15) is 14.7 Å². The van der Waals surface area contributed by atoms with Crippen LogP contribution < -0.4 is 5.56 Å². The van der Waals surface area contributed by atoms with E-state index in [0.29, 0.717) is 18.1 Å². The summed E-state index contributed by atoms with van der Waals surface area (Å²) < 4.78 is 1.39. The third-order valence-electron chi connectivity index (χ3n) is 3.77. The molecule has 2 atom stereocenters. The Bertz CT molecular complexity index is 706. The number of aliphatic hydroxyl groups is 1. The first-order chi connectivity index (χ1) is 9.58. The molecule has 0 saturated carbocycles. The van der Waals surface area contributed by atoms with Gasteiger partial charge in [-0.2, -0.15) is 0 Å². The van der Waals surface area contributed by atoms with Gasteiger partial charge in [0.1, 0.15) is 5.56 Å². The van der Waals surface area contributed by atoms with Crippen LogP contribution in [0.25, 0.3) is 4.96 Å². The Labute approximate surface area is 119 Å². The zero-order chi connectivity index (χ0) is 14.3. The molecule has 0 spiro atoms. The molecule has 20 heavy (non-hydrogen) atoms. The second-order valence-electron chi connectivity index (χ2n) is 5.07. The van der Waals surface area contributed by atoms with Gasteiger partial charge in [-0.05, 0) is 13.3 Å². The number of thiazole rings is 1. The molecule has 6 nitrogen and oxygen atoms in total. The molecule has 0 bridgehead atoms. The van der Waals surface area contributed by atoms with Gasteiger partial charge in [0.15, 0.2) is 4.96 Å². The van der Waals surface area contributed by atoms with E-state index in [4.69, 9.17) is 0 Å². The third kappa shape index (κ3) is 2.12. The molecule has 0 radical (unpaired) electrons. The zero-order valence-electron chi connectivity index (χ0n) is 11.0. The van der Waals surface area contributed by atoms with Gasteiger partial charge in [0, 0.05) is 36.8 Å². The molecule has 1 aliphatic heterocycles. The highest BCUT2D eigenvalue weighted by Crippen LogP contribution is 2.21. The average molecular weight is 293 g/mol. The summed E-state index contributed by atoms with van der Waals surface area (Å²) in [6.07, 6.45) is 3.30. The van der Waals surface area contributed by atoms with E-state index in [1.807, 2.05) is 0 Å². The van der Waals surface area contributed by atoms with Gasteiger partial charge >= 0.3 is 0 Å². The molecule has 2 aromatic rings. The first kappa shape index (κ1) is 13.3. The van der Waals surface area contributed by atoms with Crippen LogP contribution in [-0.2, 0) is 0 Å². The Morgan fingerprint density at radius 2 is 2.40 bits per heavy atom. The lowest BCUT2D eigenvalue weighted by atomic mass is 10.0. The highest BCUT2D eigenvalue weighted by Gasteiger charge is 2.30. The smallest absolute Gasteiger partial charge is 0.271 e. The second kappa shape index (κ2) is 4.99. The van der Waals surface area contributed by atoms with Crippen molar-refractivity contribution in [1.29, 1.82) is 0 Å². The van der Waals surface area contributed by atoms with Crippen LogP contribution in [0, 0.1) is 5.92 Å². The highest BCUT2D eigenvalue weighted by atomic mass is 32.1. The molecule has 2 aromatic heterocycles. The maximum Gasteiger partial charge on any atom is 0.271 e. The van der Waals surface area contributed by atoms with E-state index in [-0.39, 0.29) is 22.9 Å². The largest absolute Gasteiger partial charge is 0.393 e. The number of aromatic nitrogens is 2. The number of rotatable bonds is 2. The lowest BCUT2D eigenvalue weighted by Crippen LogP contribution is -2.35. The summed E-state index contributed by atoms with van der Waals surface area (Å²) in [5, 5.41) is 11.3. The van der Waals surface area contributed by atoms with Gasteiger partial charge in [0.25, 0.3) is 11.5 Å². The van der Waals surface area contributed by atoms with Crippen LogP contribution in [0.5, 0.6) is 0 Å². The first-order valence-corrected chi connectivity index (χ1v) is 7.38. The van der Waals surface area contributed by atoms with Crippen molar-refractivity contribution in [3.8, 4) is 0 Å². The molecule has 1 saturated heterocycles. The zero-order valence-corrected chi connectivity index (χ0v) is 11.8. The second-order valence-corrected chi connectivity index (χ2v) is 5.95. The van der Waals surface area contributed by atoms with Crippen LogP contribution in [0.2, 0.25) is 0 Å². The number of hydrogen-bond acceptors (Lipinski definition) is 5.